The zero-order chi connectivity index (χ0) is 14.2. The zero-order valence-corrected chi connectivity index (χ0v) is 11.4. The minimum Gasteiger partial charge on any atom is -0.462 e. The Balaban J connectivity index is 4.16. The van der Waals surface area contributed by atoms with Crippen LogP contribution in [-0.4, -0.2) is 29.3 Å². The Labute approximate surface area is 107 Å². The molecule has 6 heteroatoms. The highest BCUT2D eigenvalue weighted by molar-refractivity contribution is 5.66. The van der Waals surface area contributed by atoms with Crippen molar-refractivity contribution in [3.63, 3.8) is 0 Å². The fraction of sp³-hybridized carbons (Fsp3) is 0.750. The smallest absolute Gasteiger partial charge is 0.302 e. The van der Waals surface area contributed by atoms with Gasteiger partial charge in [0, 0.05) is 11.8 Å². The fourth-order valence-corrected chi connectivity index (χ4v) is 1.30. The average Bonchev–Trinajstić information content (AvgIpc) is 2.25. The lowest BCUT2D eigenvalue weighted by Crippen LogP contribution is -2.33. The van der Waals surface area contributed by atoms with E-state index in [9.17, 15) is 9.90 Å². The van der Waals surface area contributed by atoms with E-state index in [4.69, 9.17) is 10.3 Å². The van der Waals surface area contributed by atoms with E-state index in [0.717, 1.165) is 5.57 Å². The number of allylic oxidation sites excluding steroid dienone is 1. The number of aliphatic hydroxyl groups excluding tert-OH is 1. The highest BCUT2D eigenvalue weighted by Crippen LogP contribution is 2.20. The maximum Gasteiger partial charge on any atom is 0.302 e. The monoisotopic (exact) mass is 255 g/mol. The number of hydrogen-bond donors (Lipinski definition) is 1. The van der Waals surface area contributed by atoms with E-state index in [-0.39, 0.29) is 12.6 Å². The first-order valence-electron chi connectivity index (χ1n) is 5.83. The van der Waals surface area contributed by atoms with Gasteiger partial charge in [-0.1, -0.05) is 24.5 Å². The predicted molar refractivity (Wildman–Crippen MR) is 68.9 cm³/mol. The van der Waals surface area contributed by atoms with Crippen LogP contribution in [0.4, 0.5) is 0 Å². The molecule has 102 valence electrons. The van der Waals surface area contributed by atoms with Gasteiger partial charge in [0.25, 0.3) is 0 Å². The van der Waals surface area contributed by atoms with Crippen molar-refractivity contribution in [3.8, 4) is 0 Å². The van der Waals surface area contributed by atoms with E-state index < -0.39 is 11.6 Å². The molecular formula is C12H21N3O3. The van der Waals surface area contributed by atoms with Crippen LogP contribution in [0, 0.1) is 0 Å². The van der Waals surface area contributed by atoms with Crippen molar-refractivity contribution in [2.24, 2.45) is 5.11 Å². The van der Waals surface area contributed by atoms with E-state index in [1.54, 1.807) is 19.9 Å². The molecule has 0 aliphatic rings. The van der Waals surface area contributed by atoms with Crippen molar-refractivity contribution in [1.29, 1.82) is 0 Å². The Morgan fingerprint density at radius 3 is 2.67 bits per heavy atom. The maximum atomic E-state index is 10.6. The lowest BCUT2D eigenvalue weighted by atomic mass is 9.93. The van der Waals surface area contributed by atoms with Gasteiger partial charge in [-0.05, 0) is 31.4 Å². The van der Waals surface area contributed by atoms with Gasteiger partial charge >= 0.3 is 5.97 Å². The molecule has 1 atom stereocenters. The van der Waals surface area contributed by atoms with Crippen LogP contribution in [0.1, 0.15) is 40.5 Å². The van der Waals surface area contributed by atoms with Crippen molar-refractivity contribution in [3.05, 3.63) is 22.1 Å². The standard InChI is InChI=1S/C12H21N3O3/c1-9(7-8-18-10(2)16)5-6-11(17)12(3,4)14-15-13/h7,11,17H,5-6,8H2,1-4H3/b9-7+. The Kier molecular flexibility index (Phi) is 7.08. The molecule has 0 heterocycles. The molecule has 0 bridgehead atoms. The van der Waals surface area contributed by atoms with E-state index in [2.05, 4.69) is 10.0 Å². The molecule has 0 saturated carbocycles. The molecule has 0 fully saturated rings. The number of carbonyl (C=O) groups is 1. The van der Waals surface area contributed by atoms with E-state index in [0.29, 0.717) is 12.8 Å². The van der Waals surface area contributed by atoms with Crippen molar-refractivity contribution in [2.45, 2.75) is 52.2 Å². The Hall–Kier alpha value is -1.52. The number of aliphatic hydroxyl groups is 1. The lowest BCUT2D eigenvalue weighted by molar-refractivity contribution is -0.139. The Bertz CT molecular complexity index is 358. The predicted octanol–water partition coefficient (Wildman–Crippen LogP) is 2.73. The Morgan fingerprint density at radius 2 is 2.17 bits per heavy atom. The second-order valence-corrected chi connectivity index (χ2v) is 4.75. The first kappa shape index (κ1) is 16.5. The molecule has 0 aliphatic heterocycles. The molecule has 0 spiro atoms. The first-order chi connectivity index (χ1) is 8.29. The van der Waals surface area contributed by atoms with Gasteiger partial charge in [0.2, 0.25) is 0 Å². The molecule has 0 aliphatic carbocycles. The highest BCUT2D eigenvalue weighted by Gasteiger charge is 2.25. The molecular weight excluding hydrogens is 234 g/mol. The minimum atomic E-state index is -0.815. The van der Waals surface area contributed by atoms with Crippen molar-refractivity contribution in [2.75, 3.05) is 6.61 Å². The summed E-state index contributed by atoms with van der Waals surface area (Å²) in [5.41, 5.74) is 8.59. The molecule has 0 aromatic rings. The van der Waals surface area contributed by atoms with Crippen LogP contribution in [0.5, 0.6) is 0 Å². The molecule has 0 aromatic heterocycles. The summed E-state index contributed by atoms with van der Waals surface area (Å²) in [6.07, 6.45) is 2.25. The van der Waals surface area contributed by atoms with Gasteiger partial charge in [-0.3, -0.25) is 4.79 Å². The number of esters is 1. The summed E-state index contributed by atoms with van der Waals surface area (Å²) >= 11 is 0. The SMILES string of the molecule is CC(=O)OC/C=C(\C)CCC(O)C(C)(C)N=[N+]=[N-]. The average molecular weight is 255 g/mol. The summed E-state index contributed by atoms with van der Waals surface area (Å²) < 4.78 is 4.78. The largest absolute Gasteiger partial charge is 0.462 e. The Morgan fingerprint density at radius 1 is 1.56 bits per heavy atom. The molecule has 1 N–H and O–H groups in total. The molecule has 0 saturated heterocycles. The third-order valence-corrected chi connectivity index (χ3v) is 2.65. The normalized spacial score (nSPS) is 13.7. The molecule has 0 rings (SSSR count). The van der Waals surface area contributed by atoms with Crippen LogP contribution in [0.15, 0.2) is 16.8 Å². The second kappa shape index (κ2) is 7.74. The molecule has 18 heavy (non-hydrogen) atoms. The van der Waals surface area contributed by atoms with Gasteiger partial charge < -0.3 is 9.84 Å². The van der Waals surface area contributed by atoms with Gasteiger partial charge in [0.15, 0.2) is 0 Å². The summed E-state index contributed by atoms with van der Waals surface area (Å²) in [5.74, 6) is -0.316. The van der Waals surface area contributed by atoms with Crippen molar-refractivity contribution < 1.29 is 14.6 Å². The van der Waals surface area contributed by atoms with Crippen LogP contribution < -0.4 is 0 Å². The summed E-state index contributed by atoms with van der Waals surface area (Å²) in [6, 6.07) is 0. The van der Waals surface area contributed by atoms with Crippen LogP contribution in [0.25, 0.3) is 10.4 Å². The molecule has 6 nitrogen and oxygen atoms in total. The van der Waals surface area contributed by atoms with E-state index in [1.165, 1.54) is 6.92 Å². The van der Waals surface area contributed by atoms with E-state index >= 15 is 0 Å². The van der Waals surface area contributed by atoms with Crippen molar-refractivity contribution in [1.82, 2.24) is 0 Å². The second-order valence-electron chi connectivity index (χ2n) is 4.75. The summed E-state index contributed by atoms with van der Waals surface area (Å²) in [5, 5.41) is 13.5. The third kappa shape index (κ3) is 6.93. The minimum absolute atomic E-state index is 0.247. The van der Waals surface area contributed by atoms with Crippen molar-refractivity contribution >= 4 is 5.97 Å². The highest BCUT2D eigenvalue weighted by atomic mass is 16.5. The third-order valence-electron chi connectivity index (χ3n) is 2.65. The van der Waals surface area contributed by atoms with E-state index in [1.807, 2.05) is 6.92 Å². The van der Waals surface area contributed by atoms with Gasteiger partial charge in [-0.15, -0.1) is 0 Å². The van der Waals surface area contributed by atoms with Crippen LogP contribution in [0.2, 0.25) is 0 Å². The van der Waals surface area contributed by atoms with Gasteiger partial charge in [0.05, 0.1) is 11.6 Å². The number of carbonyl (C=O) groups excluding carboxylic acids is 1. The van der Waals surface area contributed by atoms with Gasteiger partial charge in [0.1, 0.15) is 6.61 Å². The number of azide groups is 1. The maximum absolute atomic E-state index is 10.6. The van der Waals surface area contributed by atoms with Crippen LogP contribution >= 0.6 is 0 Å². The van der Waals surface area contributed by atoms with Gasteiger partial charge in [-0.25, -0.2) is 0 Å². The van der Waals surface area contributed by atoms with Crippen LogP contribution in [-0.2, 0) is 9.53 Å². The molecule has 1 unspecified atom stereocenters. The fourth-order valence-electron chi connectivity index (χ4n) is 1.30. The summed E-state index contributed by atoms with van der Waals surface area (Å²) in [7, 11) is 0. The topological polar surface area (TPSA) is 95.3 Å². The number of rotatable bonds is 7. The summed E-state index contributed by atoms with van der Waals surface area (Å²) in [4.78, 5) is 13.3. The summed E-state index contributed by atoms with van der Waals surface area (Å²) in [6.45, 7) is 6.88. The quantitative estimate of drug-likeness (QED) is 0.249. The zero-order valence-electron chi connectivity index (χ0n) is 11.4. The molecule has 0 aromatic carbocycles. The number of ether oxygens (including phenoxy) is 1. The molecule has 0 radical (unpaired) electrons. The number of nitrogens with zero attached hydrogens (tertiary/aromatic N) is 3. The molecule has 0 amide bonds. The van der Waals surface area contributed by atoms with Crippen LogP contribution in [0.3, 0.4) is 0 Å². The van der Waals surface area contributed by atoms with Gasteiger partial charge in [-0.2, -0.15) is 0 Å². The number of hydrogen-bond acceptors (Lipinski definition) is 4. The first-order valence-corrected chi connectivity index (χ1v) is 5.83. The lowest BCUT2D eigenvalue weighted by Gasteiger charge is -2.25.